The average molecular weight is 166 g/mol. The number of nitrogens with two attached hydrogens (primary N) is 1. The number of nitrogen functional groups attached to an aromatic ring is 1. The van der Waals surface area contributed by atoms with Gasteiger partial charge in [0.05, 0.1) is 5.69 Å². The molecule has 0 spiro atoms. The molecular weight excluding hydrogens is 152 g/mol. The first-order valence-electron chi connectivity index (χ1n) is 4.18. The van der Waals surface area contributed by atoms with E-state index in [9.17, 15) is 4.79 Å². The number of hydrogen-bond acceptors (Lipinski definition) is 2. The fourth-order valence-electron chi connectivity index (χ4n) is 1.29. The zero-order valence-electron chi connectivity index (χ0n) is 7.50. The Morgan fingerprint density at radius 3 is 2.58 bits per heavy atom. The van der Waals surface area contributed by atoms with Gasteiger partial charge in [0, 0.05) is 12.2 Å². The van der Waals surface area contributed by atoms with Crippen LogP contribution >= 0.6 is 0 Å². The molecule has 66 valence electrons. The van der Waals surface area contributed by atoms with Crippen LogP contribution in [-0.2, 0) is 13.0 Å². The van der Waals surface area contributed by atoms with Crippen LogP contribution in [-0.4, -0.2) is 4.57 Å². The summed E-state index contributed by atoms with van der Waals surface area (Å²) in [6.07, 6.45) is 0.864. The summed E-state index contributed by atoms with van der Waals surface area (Å²) in [5.41, 5.74) is 6.78. The standard InChI is InChI=1S/C9H14N2O/c1-3-7-5-6-8(10)9(12)11(7)4-2/h5-6H,3-4,10H2,1-2H3. The summed E-state index contributed by atoms with van der Waals surface area (Å²) in [5, 5.41) is 0. The van der Waals surface area contributed by atoms with Gasteiger partial charge < -0.3 is 10.3 Å². The number of hydrogen-bond donors (Lipinski definition) is 1. The van der Waals surface area contributed by atoms with Gasteiger partial charge in [-0.05, 0) is 25.5 Å². The van der Waals surface area contributed by atoms with Crippen molar-refractivity contribution in [2.75, 3.05) is 5.73 Å². The lowest BCUT2D eigenvalue weighted by Crippen LogP contribution is -2.24. The van der Waals surface area contributed by atoms with Crippen molar-refractivity contribution in [1.82, 2.24) is 4.57 Å². The van der Waals surface area contributed by atoms with Crippen molar-refractivity contribution < 1.29 is 0 Å². The second-order valence-electron chi connectivity index (χ2n) is 2.68. The fourth-order valence-corrected chi connectivity index (χ4v) is 1.29. The van der Waals surface area contributed by atoms with Gasteiger partial charge in [-0.15, -0.1) is 0 Å². The van der Waals surface area contributed by atoms with Crippen LogP contribution in [0.4, 0.5) is 5.69 Å². The predicted octanol–water partition coefficient (Wildman–Crippen LogP) is 1.01. The minimum Gasteiger partial charge on any atom is -0.394 e. The third-order valence-electron chi connectivity index (χ3n) is 1.97. The summed E-state index contributed by atoms with van der Waals surface area (Å²) in [4.78, 5) is 11.4. The van der Waals surface area contributed by atoms with Gasteiger partial charge in [0.15, 0.2) is 0 Å². The molecule has 0 radical (unpaired) electrons. The summed E-state index contributed by atoms with van der Waals surface area (Å²) in [5.74, 6) is 0. The van der Waals surface area contributed by atoms with Gasteiger partial charge >= 0.3 is 0 Å². The number of anilines is 1. The average Bonchev–Trinajstić information content (AvgIpc) is 2.09. The molecule has 0 saturated carbocycles. The zero-order chi connectivity index (χ0) is 9.14. The van der Waals surface area contributed by atoms with E-state index in [1.807, 2.05) is 19.9 Å². The lowest BCUT2D eigenvalue weighted by Gasteiger charge is -2.08. The van der Waals surface area contributed by atoms with E-state index in [1.165, 1.54) is 0 Å². The topological polar surface area (TPSA) is 48.0 Å². The lowest BCUT2D eigenvalue weighted by atomic mass is 10.2. The van der Waals surface area contributed by atoms with E-state index in [2.05, 4.69) is 0 Å². The summed E-state index contributed by atoms with van der Waals surface area (Å²) in [7, 11) is 0. The van der Waals surface area contributed by atoms with E-state index < -0.39 is 0 Å². The third kappa shape index (κ3) is 1.35. The fraction of sp³-hybridized carbons (Fsp3) is 0.444. The van der Waals surface area contributed by atoms with Crippen LogP contribution < -0.4 is 11.3 Å². The number of aromatic nitrogens is 1. The second-order valence-corrected chi connectivity index (χ2v) is 2.68. The molecule has 0 amide bonds. The first kappa shape index (κ1) is 8.84. The highest BCUT2D eigenvalue weighted by Crippen LogP contribution is 2.01. The Morgan fingerprint density at radius 2 is 2.08 bits per heavy atom. The van der Waals surface area contributed by atoms with Crippen LogP contribution in [0, 0.1) is 0 Å². The lowest BCUT2D eigenvalue weighted by molar-refractivity contribution is 0.683. The molecule has 0 fully saturated rings. The van der Waals surface area contributed by atoms with Crippen molar-refractivity contribution in [3.05, 3.63) is 28.2 Å². The Balaban J connectivity index is 3.36. The molecule has 0 unspecified atom stereocenters. The Kier molecular flexibility index (Phi) is 2.53. The Hall–Kier alpha value is -1.25. The predicted molar refractivity (Wildman–Crippen MR) is 50.2 cm³/mol. The van der Waals surface area contributed by atoms with Gasteiger partial charge in [0.1, 0.15) is 0 Å². The quantitative estimate of drug-likeness (QED) is 0.712. The van der Waals surface area contributed by atoms with Crippen LogP contribution in [0.3, 0.4) is 0 Å². The Labute approximate surface area is 71.8 Å². The maximum absolute atomic E-state index is 11.4. The molecule has 0 atom stereocenters. The summed E-state index contributed by atoms with van der Waals surface area (Å²) < 4.78 is 1.70. The maximum Gasteiger partial charge on any atom is 0.273 e. The third-order valence-corrected chi connectivity index (χ3v) is 1.97. The molecule has 2 N–H and O–H groups in total. The highest BCUT2D eigenvalue weighted by atomic mass is 16.1. The van der Waals surface area contributed by atoms with E-state index >= 15 is 0 Å². The molecule has 1 rings (SSSR count). The summed E-state index contributed by atoms with van der Waals surface area (Å²) in [6, 6.07) is 3.58. The largest absolute Gasteiger partial charge is 0.394 e. The number of aryl methyl sites for hydroxylation is 1. The van der Waals surface area contributed by atoms with Crippen LogP contribution in [0.5, 0.6) is 0 Å². The SMILES string of the molecule is CCc1ccc(N)c(=O)n1CC. The second kappa shape index (κ2) is 3.43. The highest BCUT2D eigenvalue weighted by molar-refractivity contribution is 5.35. The van der Waals surface area contributed by atoms with Crippen LogP contribution in [0.2, 0.25) is 0 Å². The monoisotopic (exact) mass is 166 g/mol. The van der Waals surface area contributed by atoms with Gasteiger partial charge in [-0.2, -0.15) is 0 Å². The number of pyridine rings is 1. The van der Waals surface area contributed by atoms with Gasteiger partial charge in [-0.3, -0.25) is 4.79 Å². The molecule has 0 saturated heterocycles. The summed E-state index contributed by atoms with van der Waals surface area (Å²) >= 11 is 0. The van der Waals surface area contributed by atoms with Crippen LogP contribution in [0.25, 0.3) is 0 Å². The molecule has 0 aliphatic heterocycles. The van der Waals surface area contributed by atoms with Crippen molar-refractivity contribution in [3.63, 3.8) is 0 Å². The molecule has 3 nitrogen and oxygen atoms in total. The normalized spacial score (nSPS) is 10.2. The van der Waals surface area contributed by atoms with Crippen LogP contribution in [0.1, 0.15) is 19.5 Å². The molecule has 1 aromatic rings. The van der Waals surface area contributed by atoms with E-state index in [0.717, 1.165) is 12.1 Å². The minimum atomic E-state index is -0.0724. The zero-order valence-corrected chi connectivity index (χ0v) is 7.50. The van der Waals surface area contributed by atoms with Crippen molar-refractivity contribution in [1.29, 1.82) is 0 Å². The van der Waals surface area contributed by atoms with E-state index in [1.54, 1.807) is 10.6 Å². The molecule has 0 aliphatic carbocycles. The van der Waals surface area contributed by atoms with Gasteiger partial charge in [0.2, 0.25) is 0 Å². The molecule has 0 aliphatic rings. The number of rotatable bonds is 2. The Morgan fingerprint density at radius 1 is 1.42 bits per heavy atom. The molecule has 3 heteroatoms. The van der Waals surface area contributed by atoms with Crippen LogP contribution in [0.15, 0.2) is 16.9 Å². The van der Waals surface area contributed by atoms with E-state index in [0.29, 0.717) is 12.2 Å². The number of nitrogens with zero attached hydrogens (tertiary/aromatic N) is 1. The van der Waals surface area contributed by atoms with Crippen molar-refractivity contribution in [2.45, 2.75) is 26.8 Å². The van der Waals surface area contributed by atoms with Gasteiger partial charge in [-0.1, -0.05) is 6.92 Å². The van der Waals surface area contributed by atoms with E-state index in [-0.39, 0.29) is 5.56 Å². The maximum atomic E-state index is 11.4. The van der Waals surface area contributed by atoms with Gasteiger partial charge in [0.25, 0.3) is 5.56 Å². The van der Waals surface area contributed by atoms with Crippen molar-refractivity contribution in [2.24, 2.45) is 0 Å². The molecule has 0 aromatic carbocycles. The smallest absolute Gasteiger partial charge is 0.273 e. The molecular formula is C9H14N2O. The molecule has 0 bridgehead atoms. The molecule has 1 aromatic heterocycles. The van der Waals surface area contributed by atoms with Crippen molar-refractivity contribution >= 4 is 5.69 Å². The minimum absolute atomic E-state index is 0.0724. The first-order chi connectivity index (χ1) is 5.70. The van der Waals surface area contributed by atoms with Gasteiger partial charge in [-0.25, -0.2) is 0 Å². The highest BCUT2D eigenvalue weighted by Gasteiger charge is 2.02. The van der Waals surface area contributed by atoms with E-state index in [4.69, 9.17) is 5.73 Å². The molecule has 1 heterocycles. The Bertz CT molecular complexity index is 328. The first-order valence-corrected chi connectivity index (χ1v) is 4.18. The van der Waals surface area contributed by atoms with Crippen molar-refractivity contribution in [3.8, 4) is 0 Å². The summed E-state index contributed by atoms with van der Waals surface area (Å²) in [6.45, 7) is 4.66. The molecule has 12 heavy (non-hydrogen) atoms.